The summed E-state index contributed by atoms with van der Waals surface area (Å²) in [5.41, 5.74) is 13.8. The van der Waals surface area contributed by atoms with Crippen LogP contribution < -0.4 is 15.3 Å². The molecule has 4 atom stereocenters. The smallest absolute Gasteiger partial charge is 0.453 e. The Labute approximate surface area is 369 Å². The van der Waals surface area contributed by atoms with Gasteiger partial charge in [0.25, 0.3) is 0 Å². The van der Waals surface area contributed by atoms with Crippen molar-refractivity contribution < 1.29 is 14.0 Å². The number of allylic oxidation sites excluding steroid dienone is 9. The van der Waals surface area contributed by atoms with Gasteiger partial charge in [0.2, 0.25) is 0 Å². The number of rotatable bonds is 7. The van der Waals surface area contributed by atoms with Crippen molar-refractivity contribution >= 4 is 24.0 Å². The average molecular weight is 822 g/mol. The van der Waals surface area contributed by atoms with Crippen LogP contribution in [0.4, 0.5) is 11.4 Å². The molecule has 4 aliphatic carbocycles. The van der Waals surface area contributed by atoms with E-state index in [1.807, 2.05) is 25.2 Å². The van der Waals surface area contributed by atoms with Gasteiger partial charge in [-0.1, -0.05) is 112 Å². The Balaban J connectivity index is 1.08. The van der Waals surface area contributed by atoms with Gasteiger partial charge in [0.1, 0.15) is 5.76 Å². The van der Waals surface area contributed by atoms with Crippen LogP contribution in [0, 0.1) is 11.8 Å². The van der Waals surface area contributed by atoms with E-state index in [1.165, 1.54) is 56.3 Å². The molecular weight excluding hydrogens is 761 g/mol. The monoisotopic (exact) mass is 821 g/mol. The minimum atomic E-state index is -0.411. The van der Waals surface area contributed by atoms with Crippen LogP contribution in [0.1, 0.15) is 86.3 Å². The SMILES string of the molecule is C=C1/C(=C\C=C/C)OC2=C(CC(C)C(N(c3ccc4c(c3)C(C)(C)c3cc(B5OC(C)(C)C(C)(C)O5)ccc3-4)C3C=CC4=C(C3)C3C=CC=CC3N4c3ccccc3)=C2)N1CC. The van der Waals surface area contributed by atoms with Gasteiger partial charge < -0.3 is 28.7 Å². The maximum absolute atomic E-state index is 6.79. The maximum atomic E-state index is 6.79. The van der Waals surface area contributed by atoms with Crippen LogP contribution in [0.2, 0.25) is 0 Å². The number of anilines is 2. The molecule has 10 rings (SSSR count). The number of ether oxygens (including phenoxy) is 1. The molecule has 0 spiro atoms. The summed E-state index contributed by atoms with van der Waals surface area (Å²) in [5, 5.41) is 0. The summed E-state index contributed by atoms with van der Waals surface area (Å²) >= 11 is 0. The number of benzene rings is 3. The number of para-hydroxylation sites is 1. The molecule has 1 fully saturated rings. The molecule has 0 amide bonds. The minimum Gasteiger partial charge on any atom is -0.453 e. The standard InChI is InChI=1S/C55H60BN3O3/c1-11-13-23-51-36(4)57(12-2)50-30-35(3)49(34-52(50)60-51)58(39-26-29-48-44(32-39)43-21-17-18-22-47(43)59(48)38-19-15-14-16-20-38)40-25-28-42-41-27-24-37(31-45(41)53(5,6)46(42)33-40)56-61-54(7,8)55(9,10)62-56/h11,13-29,31,33-35,39,43,47H,4,12,30,32H2,1-3,5-10H3/b13-11-,51-23+. The summed E-state index contributed by atoms with van der Waals surface area (Å²) in [5.74, 6) is 2.22. The molecule has 316 valence electrons. The lowest BCUT2D eigenvalue weighted by molar-refractivity contribution is 0.00578. The van der Waals surface area contributed by atoms with E-state index in [0.29, 0.717) is 5.92 Å². The number of hydrogen-bond acceptors (Lipinski definition) is 6. The molecule has 1 saturated heterocycles. The highest BCUT2D eigenvalue weighted by atomic mass is 16.7. The lowest BCUT2D eigenvalue weighted by Gasteiger charge is -2.43. The van der Waals surface area contributed by atoms with Gasteiger partial charge in [-0.25, -0.2) is 0 Å². The maximum Gasteiger partial charge on any atom is 0.494 e. The molecule has 7 aliphatic rings. The summed E-state index contributed by atoms with van der Waals surface area (Å²) in [6.07, 6.45) is 24.3. The van der Waals surface area contributed by atoms with Gasteiger partial charge in [-0.2, -0.15) is 0 Å². The Bertz CT molecular complexity index is 2600. The third-order valence-corrected chi connectivity index (χ3v) is 14.9. The predicted molar refractivity (Wildman–Crippen MR) is 256 cm³/mol. The zero-order chi connectivity index (χ0) is 43.3. The Morgan fingerprint density at radius 3 is 2.31 bits per heavy atom. The van der Waals surface area contributed by atoms with Gasteiger partial charge in [-0.15, -0.1) is 0 Å². The first-order valence-electron chi connectivity index (χ1n) is 22.7. The van der Waals surface area contributed by atoms with Crippen LogP contribution in [0.25, 0.3) is 11.1 Å². The van der Waals surface area contributed by atoms with Crippen molar-refractivity contribution in [2.45, 2.75) is 104 Å². The fraction of sp³-hybridized carbons (Fsp3) is 0.345. The van der Waals surface area contributed by atoms with Gasteiger partial charge in [-0.3, -0.25) is 0 Å². The van der Waals surface area contributed by atoms with Crippen molar-refractivity contribution in [3.05, 3.63) is 185 Å². The van der Waals surface area contributed by atoms with Crippen LogP contribution in [-0.4, -0.2) is 41.8 Å². The second kappa shape index (κ2) is 14.8. The zero-order valence-corrected chi connectivity index (χ0v) is 37.9. The highest BCUT2D eigenvalue weighted by Gasteiger charge is 2.52. The lowest BCUT2D eigenvalue weighted by atomic mass is 9.74. The van der Waals surface area contributed by atoms with Gasteiger partial charge in [0.15, 0.2) is 5.76 Å². The molecule has 3 aliphatic heterocycles. The van der Waals surface area contributed by atoms with Crippen LogP contribution in [-0.2, 0) is 19.5 Å². The Kier molecular flexibility index (Phi) is 9.69. The number of likely N-dealkylation sites (N-methyl/N-ethyl adjacent to an activating group) is 1. The molecular formula is C55H60BN3O3. The number of fused-ring (bicyclic) bond motifs is 5. The third-order valence-electron chi connectivity index (χ3n) is 14.9. The average Bonchev–Trinajstić information content (AvgIpc) is 3.80. The van der Waals surface area contributed by atoms with Crippen LogP contribution in [0.5, 0.6) is 0 Å². The van der Waals surface area contributed by atoms with Crippen molar-refractivity contribution in [3.8, 4) is 11.1 Å². The van der Waals surface area contributed by atoms with E-state index >= 15 is 0 Å². The molecule has 6 nitrogen and oxygen atoms in total. The van der Waals surface area contributed by atoms with Crippen molar-refractivity contribution in [1.29, 1.82) is 0 Å². The Morgan fingerprint density at radius 2 is 1.58 bits per heavy atom. The van der Waals surface area contributed by atoms with E-state index in [0.717, 1.165) is 42.1 Å². The van der Waals surface area contributed by atoms with Gasteiger partial charge in [0, 0.05) is 52.6 Å². The summed E-state index contributed by atoms with van der Waals surface area (Å²) < 4.78 is 19.9. The number of nitrogens with zero attached hydrogens (tertiary/aromatic N) is 3. The van der Waals surface area contributed by atoms with E-state index in [4.69, 9.17) is 14.0 Å². The van der Waals surface area contributed by atoms with Crippen LogP contribution in [0.3, 0.4) is 0 Å². The fourth-order valence-corrected chi connectivity index (χ4v) is 10.9. The summed E-state index contributed by atoms with van der Waals surface area (Å²) in [6.45, 7) is 25.1. The van der Waals surface area contributed by atoms with E-state index in [2.05, 4.69) is 186 Å². The Hall–Kier alpha value is -5.50. The van der Waals surface area contributed by atoms with Crippen LogP contribution >= 0.6 is 0 Å². The molecule has 0 saturated carbocycles. The summed E-state index contributed by atoms with van der Waals surface area (Å²) in [6, 6.07) is 25.2. The molecule has 0 radical (unpaired) electrons. The van der Waals surface area contributed by atoms with E-state index in [9.17, 15) is 0 Å². The van der Waals surface area contributed by atoms with Crippen molar-refractivity contribution in [2.75, 3.05) is 16.3 Å². The first kappa shape index (κ1) is 40.6. The molecule has 62 heavy (non-hydrogen) atoms. The molecule has 0 N–H and O–H groups in total. The lowest BCUT2D eigenvalue weighted by Crippen LogP contribution is -2.41. The van der Waals surface area contributed by atoms with Crippen molar-refractivity contribution in [2.24, 2.45) is 11.8 Å². The molecule has 7 heteroatoms. The second-order valence-corrected chi connectivity index (χ2v) is 19.5. The van der Waals surface area contributed by atoms with E-state index < -0.39 is 18.3 Å². The molecule has 0 bridgehead atoms. The number of hydrogen-bond donors (Lipinski definition) is 0. The highest BCUT2D eigenvalue weighted by molar-refractivity contribution is 6.62. The molecule has 3 heterocycles. The molecule has 0 aromatic heterocycles. The van der Waals surface area contributed by atoms with E-state index in [1.54, 1.807) is 0 Å². The van der Waals surface area contributed by atoms with E-state index in [-0.39, 0.29) is 23.4 Å². The first-order valence-corrected chi connectivity index (χ1v) is 22.7. The second-order valence-electron chi connectivity index (χ2n) is 19.5. The summed E-state index contributed by atoms with van der Waals surface area (Å²) in [4.78, 5) is 7.53. The molecule has 4 unspecified atom stereocenters. The first-order chi connectivity index (χ1) is 29.7. The molecule has 3 aromatic rings. The topological polar surface area (TPSA) is 37.4 Å². The molecule has 3 aromatic carbocycles. The van der Waals surface area contributed by atoms with Crippen LogP contribution in [0.15, 0.2) is 174 Å². The summed E-state index contributed by atoms with van der Waals surface area (Å²) in [7, 11) is -0.411. The Morgan fingerprint density at radius 1 is 0.871 bits per heavy atom. The largest absolute Gasteiger partial charge is 0.494 e. The minimum absolute atomic E-state index is 0.0825. The fourth-order valence-electron chi connectivity index (χ4n) is 10.9. The predicted octanol–water partition coefficient (Wildman–Crippen LogP) is 11.8. The van der Waals surface area contributed by atoms with Crippen molar-refractivity contribution in [3.63, 3.8) is 0 Å². The van der Waals surface area contributed by atoms with Gasteiger partial charge >= 0.3 is 7.12 Å². The quantitative estimate of drug-likeness (QED) is 0.221. The van der Waals surface area contributed by atoms with Gasteiger partial charge in [0.05, 0.1) is 34.7 Å². The van der Waals surface area contributed by atoms with Gasteiger partial charge in [-0.05, 0) is 124 Å². The normalized spacial score (nSPS) is 26.8. The highest BCUT2D eigenvalue weighted by Crippen LogP contribution is 2.52. The van der Waals surface area contributed by atoms with Crippen molar-refractivity contribution in [1.82, 2.24) is 4.90 Å². The zero-order valence-electron chi connectivity index (χ0n) is 37.9. The third kappa shape index (κ3) is 6.29.